The van der Waals surface area contributed by atoms with E-state index in [1.165, 1.54) is 54.7 Å². The Morgan fingerprint density at radius 3 is 2.27 bits per heavy atom. The average Bonchev–Trinajstić information content (AvgIpc) is 3.66. The van der Waals surface area contributed by atoms with E-state index in [0.29, 0.717) is 22.0 Å². The van der Waals surface area contributed by atoms with Crippen LogP contribution in [0, 0.1) is 46.4 Å². The molecule has 0 spiro atoms. The van der Waals surface area contributed by atoms with Gasteiger partial charge in [-0.25, -0.2) is 4.98 Å². The summed E-state index contributed by atoms with van der Waals surface area (Å²) in [6, 6.07) is 33.4. The van der Waals surface area contributed by atoms with Crippen molar-refractivity contribution in [1.82, 2.24) is 15.0 Å². The van der Waals surface area contributed by atoms with Gasteiger partial charge in [0.05, 0.1) is 5.58 Å². The number of benzene rings is 4. The van der Waals surface area contributed by atoms with Crippen molar-refractivity contribution in [2.45, 2.75) is 47.0 Å². The van der Waals surface area contributed by atoms with Crippen molar-refractivity contribution < 1.29 is 50.6 Å². The van der Waals surface area contributed by atoms with Gasteiger partial charge in [-0.1, -0.05) is 90.1 Å². The summed E-state index contributed by atoms with van der Waals surface area (Å²) in [5, 5.41) is 1.09. The molecule has 4 nitrogen and oxygen atoms in total. The Kier molecular flexibility index (Phi) is 5.83. The predicted octanol–water partition coefficient (Wildman–Crippen LogP) is 11.4. The van der Waals surface area contributed by atoms with Crippen LogP contribution in [-0.2, 0) is 32.9 Å². The SMILES string of the molecule is [2H]C([2H])([2H])c1c[c-]c(-c2cc(-c3ccccc3C([2H])([2H])[2H])c(C([2H])([2H])[2H])cn2)cc1.[2H]C([2H])([2H])c1cnc(-c2[c-]ccc3c2oc2nc(C([2H])([2H])C([2H])([2H])c4ccccc4)ccc23)cc1C([2H])([2H])[2H].[Ir]. The summed E-state index contributed by atoms with van der Waals surface area (Å²) in [4.78, 5) is 12.7. The molecule has 0 amide bonds. The first-order valence-electron chi connectivity index (χ1n) is 24.8. The van der Waals surface area contributed by atoms with E-state index in [9.17, 15) is 0 Å². The van der Waals surface area contributed by atoms with Crippen LogP contribution in [0.4, 0.5) is 0 Å². The second kappa shape index (κ2) is 15.8. The molecule has 51 heavy (non-hydrogen) atoms. The van der Waals surface area contributed by atoms with Gasteiger partial charge in [0.25, 0.3) is 0 Å². The molecule has 4 aromatic carbocycles. The molecule has 0 unspecified atom stereocenters. The molecule has 4 heterocycles. The first kappa shape index (κ1) is 18.9. The van der Waals surface area contributed by atoms with Gasteiger partial charge in [0.15, 0.2) is 0 Å². The van der Waals surface area contributed by atoms with Crippen LogP contribution >= 0.6 is 0 Å². The van der Waals surface area contributed by atoms with Crippen LogP contribution in [0.5, 0.6) is 0 Å². The molecule has 1 radical (unpaired) electrons. The van der Waals surface area contributed by atoms with Crippen molar-refractivity contribution in [2.24, 2.45) is 0 Å². The molecule has 255 valence electrons. The maximum atomic E-state index is 8.62. The third-order valence-corrected chi connectivity index (χ3v) is 7.78. The van der Waals surface area contributed by atoms with E-state index < -0.39 is 47.0 Å². The Balaban J connectivity index is 0.000000234. The average molecular weight is 861 g/mol. The number of furan rings is 1. The fourth-order valence-corrected chi connectivity index (χ4v) is 5.26. The van der Waals surface area contributed by atoms with E-state index in [-0.39, 0.29) is 92.9 Å². The molecule has 0 bridgehead atoms. The summed E-state index contributed by atoms with van der Waals surface area (Å²) < 4.78 is 156. The quantitative estimate of drug-likeness (QED) is 0.156. The third kappa shape index (κ3) is 7.91. The summed E-state index contributed by atoms with van der Waals surface area (Å²) in [5.41, 5.74) is 1.40. The molecular weight excluding hydrogens is 803 g/mol. The molecule has 0 saturated carbocycles. The van der Waals surface area contributed by atoms with Crippen molar-refractivity contribution in [3.8, 4) is 33.6 Å². The van der Waals surface area contributed by atoms with E-state index >= 15 is 0 Å². The maximum Gasteiger partial charge on any atom is 0.216 e. The molecule has 0 aliphatic carbocycles. The Morgan fingerprint density at radius 1 is 0.667 bits per heavy atom. The van der Waals surface area contributed by atoms with Crippen molar-refractivity contribution in [3.63, 3.8) is 0 Å². The second-order valence-electron chi connectivity index (χ2n) is 11.1. The first-order chi connectivity index (χ1) is 31.9. The Morgan fingerprint density at radius 2 is 1.47 bits per heavy atom. The first-order valence-corrected chi connectivity index (χ1v) is 15.3. The van der Waals surface area contributed by atoms with Crippen molar-refractivity contribution in [1.29, 1.82) is 0 Å². The van der Waals surface area contributed by atoms with Gasteiger partial charge in [-0.05, 0) is 97.1 Å². The number of hydrogen-bond acceptors (Lipinski definition) is 4. The number of aryl methyl sites for hydroxylation is 7. The van der Waals surface area contributed by atoms with Gasteiger partial charge < -0.3 is 14.4 Å². The molecule has 0 N–H and O–H groups in total. The zero-order valence-corrected chi connectivity index (χ0v) is 29.0. The minimum absolute atomic E-state index is 0. The largest absolute Gasteiger partial charge is 0.486 e. The summed E-state index contributed by atoms with van der Waals surface area (Å²) in [6.45, 7) is -12.6. The van der Waals surface area contributed by atoms with E-state index in [1.807, 2.05) is 0 Å². The zero-order chi connectivity index (χ0) is 50.7. The molecule has 0 atom stereocenters. The molecule has 0 aliphatic heterocycles. The molecule has 0 fully saturated rings. The maximum absolute atomic E-state index is 8.62. The monoisotopic (exact) mass is 861 g/mol. The number of fused-ring (bicyclic) bond motifs is 3. The fraction of sp³-hybridized carbons (Fsp3) is 0.152. The topological polar surface area (TPSA) is 51.8 Å². The van der Waals surface area contributed by atoms with Crippen LogP contribution in [0.15, 0.2) is 126 Å². The standard InChI is InChI=1S/C26H21N2O.C20H18N.Ir/c1-17-15-24(27-16-18(17)2)23-10-6-9-21-22-14-13-20(28-26(22)29-25(21)23)12-11-19-7-4-3-5-8-19;1-14-8-10-17(11-9-14)20-12-19(16(3)13-21-20)18-7-5-4-6-15(18)2;/h3-9,13-16H,11-12H2,1-2H3;4-10,12-13H,1-3H3;/q2*-1;/i1D3,2D3,11D2,12D2;1D3,2D3,3D3;. The molecule has 5 heteroatoms. The summed E-state index contributed by atoms with van der Waals surface area (Å²) in [6.07, 6.45) is -2.69. The van der Waals surface area contributed by atoms with Crippen molar-refractivity contribution in [3.05, 3.63) is 173 Å². The van der Waals surface area contributed by atoms with Crippen molar-refractivity contribution >= 4 is 22.1 Å². The van der Waals surface area contributed by atoms with Gasteiger partial charge in [0.1, 0.15) is 0 Å². The number of pyridine rings is 3. The zero-order valence-electron chi connectivity index (χ0n) is 45.6. The van der Waals surface area contributed by atoms with Gasteiger partial charge in [0, 0.05) is 69.6 Å². The van der Waals surface area contributed by atoms with E-state index in [0.717, 1.165) is 6.20 Å². The van der Waals surface area contributed by atoms with E-state index in [4.69, 9.17) is 30.5 Å². The molecule has 0 aliphatic rings. The summed E-state index contributed by atoms with van der Waals surface area (Å²) in [5.74, 6) is 0. The van der Waals surface area contributed by atoms with Crippen molar-refractivity contribution in [2.75, 3.05) is 0 Å². The van der Waals surface area contributed by atoms with Crippen LogP contribution < -0.4 is 0 Å². The third-order valence-electron chi connectivity index (χ3n) is 7.78. The normalized spacial score (nSPS) is 18.2. The van der Waals surface area contributed by atoms with E-state index in [1.54, 1.807) is 60.7 Å². The van der Waals surface area contributed by atoms with Crippen LogP contribution in [0.3, 0.4) is 0 Å². The Labute approximate surface area is 340 Å². The van der Waals surface area contributed by atoms with Gasteiger partial charge in [0.2, 0.25) is 5.71 Å². The molecule has 0 saturated heterocycles. The van der Waals surface area contributed by atoms with Gasteiger partial charge in [-0.2, -0.15) is 0 Å². The minimum Gasteiger partial charge on any atom is -0.486 e. The van der Waals surface area contributed by atoms with Gasteiger partial charge in [-0.15, -0.1) is 53.6 Å². The summed E-state index contributed by atoms with van der Waals surface area (Å²) in [7, 11) is 0. The van der Waals surface area contributed by atoms with Crippen LogP contribution in [-0.4, -0.2) is 15.0 Å². The smallest absolute Gasteiger partial charge is 0.216 e. The van der Waals surface area contributed by atoms with Gasteiger partial charge >= 0.3 is 0 Å². The van der Waals surface area contributed by atoms with E-state index in [2.05, 4.69) is 27.1 Å². The number of nitrogens with zero attached hydrogens (tertiary/aromatic N) is 3. The Bertz CT molecular complexity index is 3160. The van der Waals surface area contributed by atoms with Crippen LogP contribution in [0.2, 0.25) is 0 Å². The summed E-state index contributed by atoms with van der Waals surface area (Å²) >= 11 is 0. The van der Waals surface area contributed by atoms with Crippen LogP contribution in [0.1, 0.15) is 65.1 Å². The number of aromatic nitrogens is 3. The number of rotatable bonds is 6. The Hall–Kier alpha value is -5.22. The fourth-order valence-electron chi connectivity index (χ4n) is 5.26. The molecule has 4 aromatic heterocycles. The molecular formula is C46H39IrN3O-2. The molecule has 8 rings (SSSR count). The molecule has 8 aromatic rings. The second-order valence-corrected chi connectivity index (χ2v) is 11.1. The van der Waals surface area contributed by atoms with Crippen LogP contribution in [0.25, 0.3) is 55.7 Å². The predicted molar refractivity (Wildman–Crippen MR) is 205 cm³/mol. The number of hydrogen-bond donors (Lipinski definition) is 0. The van der Waals surface area contributed by atoms with Gasteiger partial charge in [-0.3, -0.25) is 0 Å². The minimum atomic E-state index is -2.71.